The second-order valence-electron chi connectivity index (χ2n) is 2.85. The van der Waals surface area contributed by atoms with Gasteiger partial charge in [-0.15, -0.1) is 0 Å². The zero-order chi connectivity index (χ0) is 9.97. The molecule has 0 unspecified atom stereocenters. The van der Waals surface area contributed by atoms with E-state index in [9.17, 15) is 0 Å². The Morgan fingerprint density at radius 2 is 1.86 bits per heavy atom. The van der Waals surface area contributed by atoms with Crippen LogP contribution in [0.25, 0.3) is 11.1 Å². The Bertz CT molecular complexity index is 442. The number of rotatable bonds is 1. The monoisotopic (exact) mass is 267 g/mol. The van der Waals surface area contributed by atoms with Crippen LogP contribution in [0.3, 0.4) is 0 Å². The number of nitrogens with zero attached hydrogens (tertiary/aromatic N) is 1. The summed E-state index contributed by atoms with van der Waals surface area (Å²) in [5.41, 5.74) is 2.19. The first-order valence-corrected chi connectivity index (χ1v) is 5.31. The number of halogens is 2. The van der Waals surface area contributed by atoms with E-state index < -0.39 is 0 Å². The molecular formula is C11H7BrClN. The third-order valence-corrected chi connectivity index (χ3v) is 2.75. The van der Waals surface area contributed by atoms with E-state index in [-0.39, 0.29) is 0 Å². The normalized spacial score (nSPS) is 10.1. The maximum atomic E-state index is 5.83. The van der Waals surface area contributed by atoms with Crippen LogP contribution in [-0.2, 0) is 0 Å². The molecule has 0 aliphatic heterocycles. The fourth-order valence-corrected chi connectivity index (χ4v) is 1.86. The van der Waals surface area contributed by atoms with Gasteiger partial charge in [-0.1, -0.05) is 41.9 Å². The van der Waals surface area contributed by atoms with E-state index in [1.807, 2.05) is 36.4 Å². The first kappa shape index (κ1) is 9.69. The predicted molar refractivity (Wildman–Crippen MR) is 62.4 cm³/mol. The fraction of sp³-hybridized carbons (Fsp3) is 0. The van der Waals surface area contributed by atoms with Crippen molar-refractivity contribution in [3.8, 4) is 11.1 Å². The molecule has 0 aliphatic rings. The zero-order valence-electron chi connectivity index (χ0n) is 7.24. The summed E-state index contributed by atoms with van der Waals surface area (Å²) in [5.74, 6) is 0. The van der Waals surface area contributed by atoms with Crippen molar-refractivity contribution < 1.29 is 0 Å². The van der Waals surface area contributed by atoms with E-state index in [2.05, 4.69) is 20.9 Å². The molecule has 0 fully saturated rings. The molecule has 0 amide bonds. The SMILES string of the molecule is Clc1cc(-c2ccccc2)c(Br)cn1. The highest BCUT2D eigenvalue weighted by atomic mass is 79.9. The van der Waals surface area contributed by atoms with Crippen LogP contribution >= 0.6 is 27.5 Å². The highest BCUT2D eigenvalue weighted by Gasteiger charge is 2.03. The van der Waals surface area contributed by atoms with Gasteiger partial charge in [-0.3, -0.25) is 0 Å². The molecule has 2 rings (SSSR count). The number of aromatic nitrogens is 1. The van der Waals surface area contributed by atoms with Gasteiger partial charge in [-0.05, 0) is 27.6 Å². The Balaban J connectivity index is 2.57. The van der Waals surface area contributed by atoms with Gasteiger partial charge in [0, 0.05) is 16.2 Å². The minimum Gasteiger partial charge on any atom is -0.243 e. The van der Waals surface area contributed by atoms with Gasteiger partial charge in [0.05, 0.1) is 0 Å². The summed E-state index contributed by atoms with van der Waals surface area (Å²) in [4.78, 5) is 3.98. The Morgan fingerprint density at radius 3 is 2.57 bits per heavy atom. The molecule has 0 saturated carbocycles. The van der Waals surface area contributed by atoms with E-state index in [0.717, 1.165) is 15.6 Å². The van der Waals surface area contributed by atoms with Crippen LogP contribution < -0.4 is 0 Å². The van der Waals surface area contributed by atoms with Crippen molar-refractivity contribution in [2.45, 2.75) is 0 Å². The van der Waals surface area contributed by atoms with Gasteiger partial charge in [-0.2, -0.15) is 0 Å². The molecule has 1 heterocycles. The molecule has 0 radical (unpaired) electrons. The van der Waals surface area contributed by atoms with Crippen LogP contribution in [0, 0.1) is 0 Å². The van der Waals surface area contributed by atoms with Crippen LogP contribution in [0.15, 0.2) is 47.1 Å². The molecule has 3 heteroatoms. The maximum Gasteiger partial charge on any atom is 0.129 e. The van der Waals surface area contributed by atoms with Crippen molar-refractivity contribution in [2.75, 3.05) is 0 Å². The lowest BCUT2D eigenvalue weighted by Gasteiger charge is -2.03. The first-order chi connectivity index (χ1) is 6.77. The first-order valence-electron chi connectivity index (χ1n) is 4.14. The Morgan fingerprint density at radius 1 is 1.14 bits per heavy atom. The van der Waals surface area contributed by atoms with Gasteiger partial charge in [0.15, 0.2) is 0 Å². The van der Waals surface area contributed by atoms with Crippen molar-refractivity contribution in [3.63, 3.8) is 0 Å². The average Bonchev–Trinajstić information content (AvgIpc) is 2.23. The highest BCUT2D eigenvalue weighted by molar-refractivity contribution is 9.10. The van der Waals surface area contributed by atoms with Gasteiger partial charge >= 0.3 is 0 Å². The Labute approximate surface area is 95.9 Å². The summed E-state index contributed by atoms with van der Waals surface area (Å²) >= 11 is 9.28. The largest absolute Gasteiger partial charge is 0.243 e. The molecule has 2 aromatic rings. The molecule has 0 aliphatic carbocycles. The van der Waals surface area contributed by atoms with Crippen molar-refractivity contribution in [2.24, 2.45) is 0 Å². The van der Waals surface area contributed by atoms with E-state index in [1.54, 1.807) is 6.20 Å². The lowest BCUT2D eigenvalue weighted by molar-refractivity contribution is 1.31. The van der Waals surface area contributed by atoms with Crippen molar-refractivity contribution in [1.82, 2.24) is 4.98 Å². The third-order valence-electron chi connectivity index (χ3n) is 1.91. The average molecular weight is 269 g/mol. The molecule has 0 N–H and O–H groups in total. The van der Waals surface area contributed by atoms with Crippen LogP contribution in [-0.4, -0.2) is 4.98 Å². The highest BCUT2D eigenvalue weighted by Crippen LogP contribution is 2.28. The molecule has 0 atom stereocenters. The second-order valence-corrected chi connectivity index (χ2v) is 4.09. The predicted octanol–water partition coefficient (Wildman–Crippen LogP) is 4.16. The lowest BCUT2D eigenvalue weighted by atomic mass is 10.1. The third kappa shape index (κ3) is 1.97. The van der Waals surface area contributed by atoms with Crippen molar-refractivity contribution in [1.29, 1.82) is 0 Å². The quantitative estimate of drug-likeness (QED) is 0.708. The molecule has 1 nitrogen and oxygen atoms in total. The van der Waals surface area contributed by atoms with Crippen LogP contribution in [0.4, 0.5) is 0 Å². The van der Waals surface area contributed by atoms with Crippen molar-refractivity contribution in [3.05, 3.63) is 52.2 Å². The van der Waals surface area contributed by atoms with E-state index in [0.29, 0.717) is 5.15 Å². The van der Waals surface area contributed by atoms with Crippen LogP contribution in [0.1, 0.15) is 0 Å². The molecule has 0 bridgehead atoms. The fourth-order valence-electron chi connectivity index (χ4n) is 1.25. The molecule has 70 valence electrons. The number of hydrogen-bond acceptors (Lipinski definition) is 1. The molecule has 0 spiro atoms. The summed E-state index contributed by atoms with van der Waals surface area (Å²) in [7, 11) is 0. The maximum absolute atomic E-state index is 5.83. The number of hydrogen-bond donors (Lipinski definition) is 0. The van der Waals surface area contributed by atoms with Gasteiger partial charge in [0.1, 0.15) is 5.15 Å². The van der Waals surface area contributed by atoms with Gasteiger partial charge in [0.2, 0.25) is 0 Å². The lowest BCUT2D eigenvalue weighted by Crippen LogP contribution is -1.82. The van der Waals surface area contributed by atoms with Crippen molar-refractivity contribution >= 4 is 27.5 Å². The van der Waals surface area contributed by atoms with Gasteiger partial charge in [-0.25, -0.2) is 4.98 Å². The topological polar surface area (TPSA) is 12.9 Å². The van der Waals surface area contributed by atoms with E-state index in [1.165, 1.54) is 0 Å². The van der Waals surface area contributed by atoms with Crippen LogP contribution in [0.5, 0.6) is 0 Å². The second kappa shape index (κ2) is 4.11. The molecule has 1 aromatic carbocycles. The van der Waals surface area contributed by atoms with E-state index >= 15 is 0 Å². The summed E-state index contributed by atoms with van der Waals surface area (Å²) < 4.78 is 0.952. The van der Waals surface area contributed by atoms with E-state index in [4.69, 9.17) is 11.6 Å². The molecule has 1 aromatic heterocycles. The molecular weight excluding hydrogens is 261 g/mol. The number of pyridine rings is 1. The minimum atomic E-state index is 0.507. The smallest absolute Gasteiger partial charge is 0.129 e. The van der Waals surface area contributed by atoms with Gasteiger partial charge < -0.3 is 0 Å². The van der Waals surface area contributed by atoms with Gasteiger partial charge in [0.25, 0.3) is 0 Å². The molecule has 14 heavy (non-hydrogen) atoms. The minimum absolute atomic E-state index is 0.507. The molecule has 0 saturated heterocycles. The summed E-state index contributed by atoms with van der Waals surface area (Å²) in [6.45, 7) is 0. The zero-order valence-corrected chi connectivity index (χ0v) is 9.59. The number of benzene rings is 1. The summed E-state index contributed by atoms with van der Waals surface area (Å²) in [6, 6.07) is 11.9. The van der Waals surface area contributed by atoms with Crippen LogP contribution in [0.2, 0.25) is 5.15 Å². The Hall–Kier alpha value is -0.860. The Kier molecular flexibility index (Phi) is 2.85. The summed E-state index contributed by atoms with van der Waals surface area (Å²) in [5, 5.41) is 0.507. The summed E-state index contributed by atoms with van der Waals surface area (Å²) in [6.07, 6.45) is 1.71. The standard InChI is InChI=1S/C11H7BrClN/c12-10-7-14-11(13)6-9(10)8-4-2-1-3-5-8/h1-7H.